The Morgan fingerprint density at radius 3 is 2.95 bits per heavy atom. The van der Waals surface area contributed by atoms with Crippen LogP contribution in [0.25, 0.3) is 0 Å². The predicted molar refractivity (Wildman–Crippen MR) is 83.0 cm³/mol. The molecular weight excluding hydrogens is 291 g/mol. The van der Waals surface area contributed by atoms with E-state index in [1.165, 1.54) is 23.9 Å². The molecule has 1 aromatic carbocycles. The van der Waals surface area contributed by atoms with Crippen molar-refractivity contribution in [3.05, 3.63) is 29.6 Å². The monoisotopic (exact) mass is 310 g/mol. The number of aryl methyl sites for hydroxylation is 1. The number of hydrogen-bond donors (Lipinski definition) is 1. The molecule has 0 radical (unpaired) electrons. The van der Waals surface area contributed by atoms with E-state index in [2.05, 4.69) is 5.32 Å². The minimum Gasteiger partial charge on any atom is -0.358 e. The molecule has 0 spiro atoms. The van der Waals surface area contributed by atoms with Crippen molar-refractivity contribution in [2.45, 2.75) is 25.0 Å². The van der Waals surface area contributed by atoms with E-state index in [9.17, 15) is 14.0 Å². The highest BCUT2D eigenvalue weighted by Gasteiger charge is 2.31. The molecule has 0 bridgehead atoms. The van der Waals surface area contributed by atoms with E-state index in [0.717, 1.165) is 24.1 Å². The molecule has 0 saturated carbocycles. The van der Waals surface area contributed by atoms with Gasteiger partial charge in [-0.3, -0.25) is 9.59 Å². The number of anilines is 1. The number of rotatable bonds is 4. The Balaban J connectivity index is 2.10. The third-order valence-electron chi connectivity index (χ3n) is 3.53. The zero-order valence-electron chi connectivity index (χ0n) is 12.2. The van der Waals surface area contributed by atoms with Crippen LogP contribution in [0.5, 0.6) is 0 Å². The molecule has 0 aromatic heterocycles. The number of benzene rings is 1. The number of piperidine rings is 1. The van der Waals surface area contributed by atoms with Gasteiger partial charge in [0.05, 0.1) is 11.0 Å². The maximum absolute atomic E-state index is 13.2. The summed E-state index contributed by atoms with van der Waals surface area (Å²) in [5, 5.41) is 2.34. The average molecular weight is 310 g/mol. The van der Waals surface area contributed by atoms with Gasteiger partial charge in [0, 0.05) is 19.3 Å². The third-order valence-corrected chi connectivity index (χ3v) is 4.80. The summed E-state index contributed by atoms with van der Waals surface area (Å²) in [5.41, 5.74) is 1.51. The first-order valence-electron chi connectivity index (χ1n) is 6.92. The average Bonchev–Trinajstić information content (AvgIpc) is 2.46. The van der Waals surface area contributed by atoms with Gasteiger partial charge in [-0.25, -0.2) is 4.39 Å². The van der Waals surface area contributed by atoms with E-state index in [4.69, 9.17) is 0 Å². The zero-order valence-corrected chi connectivity index (χ0v) is 13.0. The smallest absolute Gasteiger partial charge is 0.240 e. The molecule has 1 aliphatic heterocycles. The summed E-state index contributed by atoms with van der Waals surface area (Å²) in [6.07, 6.45) is 1.66. The summed E-state index contributed by atoms with van der Waals surface area (Å²) in [6, 6.07) is 4.45. The van der Waals surface area contributed by atoms with Crippen molar-refractivity contribution in [1.82, 2.24) is 5.32 Å². The molecule has 0 aliphatic carbocycles. The number of amides is 2. The van der Waals surface area contributed by atoms with Gasteiger partial charge in [-0.15, -0.1) is 11.8 Å². The summed E-state index contributed by atoms with van der Waals surface area (Å²) in [4.78, 5) is 25.6. The topological polar surface area (TPSA) is 49.4 Å². The molecule has 2 rings (SSSR count). The van der Waals surface area contributed by atoms with E-state index >= 15 is 0 Å². The lowest BCUT2D eigenvalue weighted by atomic mass is 10.1. The Kier molecular flexibility index (Phi) is 5.22. The van der Waals surface area contributed by atoms with E-state index in [0.29, 0.717) is 6.54 Å². The van der Waals surface area contributed by atoms with Crippen LogP contribution in [0.1, 0.15) is 18.4 Å². The lowest BCUT2D eigenvalue weighted by Gasteiger charge is -2.32. The molecular formula is C15H19FN2O2S. The Labute approximate surface area is 128 Å². The normalized spacial score (nSPS) is 18.7. The number of halogens is 1. The van der Waals surface area contributed by atoms with Crippen molar-refractivity contribution in [3.8, 4) is 0 Å². The van der Waals surface area contributed by atoms with Gasteiger partial charge < -0.3 is 10.2 Å². The standard InChI is InChI=1S/C15H19FN2O2S/c1-10-8-11(16)5-6-12(10)18-7-3-4-13(15(18)20)21-9-14(19)17-2/h5-6,8,13H,3-4,7,9H2,1-2H3,(H,17,19)/t13-/m1/s1. The number of carbonyl (C=O) groups excluding carboxylic acids is 2. The first-order valence-corrected chi connectivity index (χ1v) is 7.97. The highest BCUT2D eigenvalue weighted by Crippen LogP contribution is 2.29. The minimum absolute atomic E-state index is 0.00450. The van der Waals surface area contributed by atoms with Gasteiger partial charge in [-0.05, 0) is 43.5 Å². The molecule has 1 aliphatic rings. The van der Waals surface area contributed by atoms with E-state index in [1.807, 2.05) is 0 Å². The van der Waals surface area contributed by atoms with Crippen LogP contribution in [0.3, 0.4) is 0 Å². The van der Waals surface area contributed by atoms with Gasteiger partial charge in [0.25, 0.3) is 0 Å². The second-order valence-corrected chi connectivity index (χ2v) is 6.23. The van der Waals surface area contributed by atoms with Crippen molar-refractivity contribution in [2.75, 3.05) is 24.2 Å². The fourth-order valence-corrected chi connectivity index (χ4v) is 3.51. The Morgan fingerprint density at radius 1 is 1.52 bits per heavy atom. The predicted octanol–water partition coefficient (Wildman–Crippen LogP) is 2.11. The lowest BCUT2D eigenvalue weighted by molar-refractivity contribution is -0.119. The highest BCUT2D eigenvalue weighted by atomic mass is 32.2. The summed E-state index contributed by atoms with van der Waals surface area (Å²) >= 11 is 1.37. The van der Waals surface area contributed by atoms with E-state index in [1.54, 1.807) is 24.9 Å². The van der Waals surface area contributed by atoms with Crippen molar-refractivity contribution in [2.24, 2.45) is 0 Å². The van der Waals surface area contributed by atoms with Crippen LogP contribution in [0.2, 0.25) is 0 Å². The Bertz CT molecular complexity index is 550. The lowest BCUT2D eigenvalue weighted by Crippen LogP contribution is -2.43. The van der Waals surface area contributed by atoms with Crippen molar-refractivity contribution in [1.29, 1.82) is 0 Å². The molecule has 1 N–H and O–H groups in total. The van der Waals surface area contributed by atoms with Gasteiger partial charge in [0.1, 0.15) is 5.82 Å². The molecule has 1 saturated heterocycles. The van der Waals surface area contributed by atoms with Crippen LogP contribution in [-0.4, -0.2) is 36.4 Å². The first kappa shape index (κ1) is 15.8. The third kappa shape index (κ3) is 3.75. The number of hydrogen-bond acceptors (Lipinski definition) is 3. The van der Waals surface area contributed by atoms with Gasteiger partial charge in [0.2, 0.25) is 11.8 Å². The summed E-state index contributed by atoms with van der Waals surface area (Å²) in [7, 11) is 1.58. The fourth-order valence-electron chi connectivity index (χ4n) is 2.41. The van der Waals surface area contributed by atoms with Gasteiger partial charge in [0.15, 0.2) is 0 Å². The van der Waals surface area contributed by atoms with Crippen LogP contribution in [0.4, 0.5) is 10.1 Å². The van der Waals surface area contributed by atoms with Crippen LogP contribution in [0, 0.1) is 12.7 Å². The maximum atomic E-state index is 13.2. The van der Waals surface area contributed by atoms with Crippen LogP contribution in [-0.2, 0) is 9.59 Å². The number of carbonyl (C=O) groups is 2. The minimum atomic E-state index is -0.300. The van der Waals surface area contributed by atoms with Crippen molar-refractivity contribution >= 4 is 29.3 Å². The molecule has 1 heterocycles. The van der Waals surface area contributed by atoms with Crippen molar-refractivity contribution in [3.63, 3.8) is 0 Å². The first-order chi connectivity index (χ1) is 10.0. The molecule has 1 aromatic rings. The Morgan fingerprint density at radius 2 is 2.29 bits per heavy atom. The highest BCUT2D eigenvalue weighted by molar-refractivity contribution is 8.01. The molecule has 0 unspecified atom stereocenters. The van der Waals surface area contributed by atoms with Crippen LogP contribution in [0.15, 0.2) is 18.2 Å². The van der Waals surface area contributed by atoms with Crippen LogP contribution >= 0.6 is 11.8 Å². The molecule has 114 valence electrons. The van der Waals surface area contributed by atoms with Crippen molar-refractivity contribution < 1.29 is 14.0 Å². The quantitative estimate of drug-likeness (QED) is 0.926. The molecule has 4 nitrogen and oxygen atoms in total. The molecule has 2 amide bonds. The summed E-state index contributed by atoms with van der Waals surface area (Å²) < 4.78 is 13.2. The SMILES string of the molecule is CNC(=O)CS[C@@H]1CCCN(c2ccc(F)cc2C)C1=O. The second-order valence-electron chi connectivity index (χ2n) is 5.04. The summed E-state index contributed by atoms with van der Waals surface area (Å²) in [6.45, 7) is 2.44. The maximum Gasteiger partial charge on any atom is 0.240 e. The van der Waals surface area contributed by atoms with Crippen LogP contribution < -0.4 is 10.2 Å². The second kappa shape index (κ2) is 6.93. The van der Waals surface area contributed by atoms with E-state index < -0.39 is 0 Å². The van der Waals surface area contributed by atoms with Gasteiger partial charge in [-0.2, -0.15) is 0 Å². The van der Waals surface area contributed by atoms with Gasteiger partial charge >= 0.3 is 0 Å². The zero-order chi connectivity index (χ0) is 15.4. The number of thioether (sulfide) groups is 1. The fraction of sp³-hybridized carbons (Fsp3) is 0.467. The van der Waals surface area contributed by atoms with Gasteiger partial charge in [-0.1, -0.05) is 0 Å². The summed E-state index contributed by atoms with van der Waals surface area (Å²) in [5.74, 6) is -0.0950. The number of nitrogens with one attached hydrogen (secondary N) is 1. The molecule has 1 atom stereocenters. The Hall–Kier alpha value is -1.56. The molecule has 21 heavy (non-hydrogen) atoms. The molecule has 6 heteroatoms. The van der Waals surface area contributed by atoms with E-state index in [-0.39, 0.29) is 28.6 Å². The largest absolute Gasteiger partial charge is 0.358 e. The molecule has 1 fully saturated rings. The number of nitrogens with zero attached hydrogens (tertiary/aromatic N) is 1.